The van der Waals surface area contributed by atoms with Gasteiger partial charge < -0.3 is 14.8 Å². The van der Waals surface area contributed by atoms with Crippen LogP contribution in [-0.2, 0) is 11.3 Å². The van der Waals surface area contributed by atoms with Gasteiger partial charge in [-0.3, -0.25) is 14.5 Å². The minimum Gasteiger partial charge on any atom is -0.476 e. The number of carboxylic acids is 1. The zero-order valence-corrected chi connectivity index (χ0v) is 10.8. The number of rotatable bonds is 6. The molecule has 2 rings (SSSR count). The van der Waals surface area contributed by atoms with E-state index < -0.39 is 17.2 Å². The number of nitrogens with one attached hydrogen (secondary N) is 2. The predicted molar refractivity (Wildman–Crippen MR) is 69.0 cm³/mol. The number of carbonyl (C=O) groups is 1. The van der Waals surface area contributed by atoms with Crippen molar-refractivity contribution in [1.29, 1.82) is 0 Å². The average molecular weight is 282 g/mol. The van der Waals surface area contributed by atoms with E-state index in [2.05, 4.69) is 10.1 Å². The highest BCUT2D eigenvalue weighted by Gasteiger charge is 2.19. The summed E-state index contributed by atoms with van der Waals surface area (Å²) in [6.07, 6.45) is 0.855. The van der Waals surface area contributed by atoms with Gasteiger partial charge in [0.05, 0.1) is 13.2 Å². The second-order valence-electron chi connectivity index (χ2n) is 4.12. The Morgan fingerprint density at radius 2 is 2.10 bits per heavy atom. The van der Waals surface area contributed by atoms with Crippen molar-refractivity contribution in [2.24, 2.45) is 0 Å². The van der Waals surface area contributed by atoms with Crippen LogP contribution in [0.3, 0.4) is 0 Å². The van der Waals surface area contributed by atoms with Crippen molar-refractivity contribution in [3.05, 3.63) is 26.5 Å². The third-order valence-corrected chi connectivity index (χ3v) is 2.63. The molecule has 9 nitrogen and oxygen atoms in total. The van der Waals surface area contributed by atoms with Crippen molar-refractivity contribution < 1.29 is 14.6 Å². The Morgan fingerprint density at radius 3 is 2.75 bits per heavy atom. The molecule has 0 saturated carbocycles. The number of nitrogens with zero attached hydrogens (tertiary/aromatic N) is 2. The molecule has 0 saturated heterocycles. The lowest BCUT2D eigenvalue weighted by Gasteiger charge is -2.03. The molecule has 20 heavy (non-hydrogen) atoms. The van der Waals surface area contributed by atoms with Crippen molar-refractivity contribution in [1.82, 2.24) is 19.7 Å². The summed E-state index contributed by atoms with van der Waals surface area (Å²) in [5.41, 5.74) is -1.88. The van der Waals surface area contributed by atoms with Crippen LogP contribution in [0.4, 0.5) is 0 Å². The van der Waals surface area contributed by atoms with E-state index in [9.17, 15) is 14.4 Å². The van der Waals surface area contributed by atoms with Crippen LogP contribution in [0.5, 0.6) is 0 Å². The van der Waals surface area contributed by atoms with Gasteiger partial charge in [-0.25, -0.2) is 9.59 Å². The highest BCUT2D eigenvalue weighted by atomic mass is 16.5. The topological polar surface area (TPSA) is 130 Å². The summed E-state index contributed by atoms with van der Waals surface area (Å²) in [5.74, 6) is -1.32. The van der Waals surface area contributed by atoms with Gasteiger partial charge in [0, 0.05) is 6.61 Å². The smallest absolute Gasteiger partial charge is 0.358 e. The molecule has 0 radical (unpaired) electrons. The number of ether oxygens (including phenoxy) is 1. The maximum Gasteiger partial charge on any atom is 0.358 e. The SMILES string of the molecule is CCCOCCn1nc(C(=O)O)c2[nH]c(=O)[nH]c(=O)c21. The van der Waals surface area contributed by atoms with Gasteiger partial charge in [-0.2, -0.15) is 5.10 Å². The van der Waals surface area contributed by atoms with E-state index >= 15 is 0 Å². The standard InChI is InChI=1S/C11H14N4O5/c1-2-4-20-5-3-15-8-6(7(14-15)10(17)18)12-11(19)13-9(8)16/h2-5H2,1H3,(H,17,18)(H2,12,13,16,19). The molecule has 0 aliphatic carbocycles. The second-order valence-corrected chi connectivity index (χ2v) is 4.12. The first kappa shape index (κ1) is 14.0. The lowest BCUT2D eigenvalue weighted by Crippen LogP contribution is -2.24. The fourth-order valence-corrected chi connectivity index (χ4v) is 1.83. The molecule has 0 bridgehead atoms. The van der Waals surface area contributed by atoms with Crippen LogP contribution in [0.15, 0.2) is 9.59 Å². The molecule has 2 aromatic heterocycles. The Labute approximate surface area is 112 Å². The van der Waals surface area contributed by atoms with Gasteiger partial charge in [0.2, 0.25) is 0 Å². The maximum atomic E-state index is 11.8. The van der Waals surface area contributed by atoms with E-state index in [0.717, 1.165) is 6.42 Å². The van der Waals surface area contributed by atoms with Gasteiger partial charge in [-0.15, -0.1) is 0 Å². The Hall–Kier alpha value is -2.42. The fraction of sp³-hybridized carbons (Fsp3) is 0.455. The first-order chi connectivity index (χ1) is 9.54. The summed E-state index contributed by atoms with van der Waals surface area (Å²) in [6, 6.07) is 0. The summed E-state index contributed by atoms with van der Waals surface area (Å²) in [7, 11) is 0. The molecule has 0 unspecified atom stereocenters. The van der Waals surface area contributed by atoms with Crippen molar-refractivity contribution in [2.45, 2.75) is 19.9 Å². The van der Waals surface area contributed by atoms with Gasteiger partial charge in [-0.1, -0.05) is 6.92 Å². The minimum atomic E-state index is -1.32. The Morgan fingerprint density at radius 1 is 1.35 bits per heavy atom. The summed E-state index contributed by atoms with van der Waals surface area (Å²) in [5, 5.41) is 12.9. The number of aromatic carboxylic acids is 1. The molecule has 108 valence electrons. The molecule has 0 aliphatic rings. The molecule has 2 aromatic rings. The number of fused-ring (bicyclic) bond motifs is 1. The van der Waals surface area contributed by atoms with Crippen LogP contribution in [0.2, 0.25) is 0 Å². The normalized spacial score (nSPS) is 11.1. The van der Waals surface area contributed by atoms with E-state index in [1.165, 1.54) is 4.68 Å². The summed E-state index contributed by atoms with van der Waals surface area (Å²) in [4.78, 5) is 38.4. The molecule has 0 aromatic carbocycles. The lowest BCUT2D eigenvalue weighted by molar-refractivity contribution is 0.0690. The predicted octanol–water partition coefficient (Wildman–Crippen LogP) is -0.462. The van der Waals surface area contributed by atoms with Gasteiger partial charge in [0.15, 0.2) is 11.2 Å². The quantitative estimate of drug-likeness (QED) is 0.614. The van der Waals surface area contributed by atoms with Gasteiger partial charge in [-0.05, 0) is 6.42 Å². The van der Waals surface area contributed by atoms with Crippen molar-refractivity contribution in [3.8, 4) is 0 Å². The molecule has 0 fully saturated rings. The van der Waals surface area contributed by atoms with E-state index in [-0.39, 0.29) is 23.3 Å². The number of hydrogen-bond acceptors (Lipinski definition) is 5. The molecule has 0 amide bonds. The largest absolute Gasteiger partial charge is 0.476 e. The van der Waals surface area contributed by atoms with E-state index in [0.29, 0.717) is 13.2 Å². The Kier molecular flexibility index (Phi) is 3.99. The molecule has 2 heterocycles. The van der Waals surface area contributed by atoms with Crippen LogP contribution in [0.1, 0.15) is 23.8 Å². The monoisotopic (exact) mass is 282 g/mol. The van der Waals surface area contributed by atoms with E-state index in [1.807, 2.05) is 11.9 Å². The molecular formula is C11H14N4O5. The van der Waals surface area contributed by atoms with Crippen molar-refractivity contribution in [3.63, 3.8) is 0 Å². The van der Waals surface area contributed by atoms with Crippen LogP contribution in [0.25, 0.3) is 11.0 Å². The van der Waals surface area contributed by atoms with Crippen LogP contribution >= 0.6 is 0 Å². The highest BCUT2D eigenvalue weighted by Crippen LogP contribution is 2.11. The lowest BCUT2D eigenvalue weighted by atomic mass is 10.3. The van der Waals surface area contributed by atoms with E-state index in [1.54, 1.807) is 0 Å². The number of aromatic amines is 2. The van der Waals surface area contributed by atoms with E-state index in [4.69, 9.17) is 9.84 Å². The summed E-state index contributed by atoms with van der Waals surface area (Å²) < 4.78 is 6.50. The van der Waals surface area contributed by atoms with Crippen LogP contribution in [-0.4, -0.2) is 44.0 Å². The summed E-state index contributed by atoms with van der Waals surface area (Å²) in [6.45, 7) is 3.04. The summed E-state index contributed by atoms with van der Waals surface area (Å²) >= 11 is 0. The first-order valence-electron chi connectivity index (χ1n) is 6.08. The van der Waals surface area contributed by atoms with Gasteiger partial charge >= 0.3 is 11.7 Å². The molecule has 0 atom stereocenters. The number of H-pyrrole nitrogens is 2. The first-order valence-corrected chi connectivity index (χ1v) is 6.08. The number of carboxylic acid groups (broad SMARTS) is 1. The molecule has 0 aliphatic heterocycles. The highest BCUT2D eigenvalue weighted by molar-refractivity contribution is 5.98. The fourth-order valence-electron chi connectivity index (χ4n) is 1.83. The van der Waals surface area contributed by atoms with Gasteiger partial charge in [0.1, 0.15) is 5.52 Å². The van der Waals surface area contributed by atoms with Crippen LogP contribution < -0.4 is 11.2 Å². The molecule has 9 heteroatoms. The minimum absolute atomic E-state index is 0.0158. The average Bonchev–Trinajstić information content (AvgIpc) is 2.73. The molecular weight excluding hydrogens is 268 g/mol. The van der Waals surface area contributed by atoms with Crippen LogP contribution in [0, 0.1) is 0 Å². The van der Waals surface area contributed by atoms with Gasteiger partial charge in [0.25, 0.3) is 5.56 Å². The zero-order chi connectivity index (χ0) is 14.7. The third kappa shape index (κ3) is 2.62. The second kappa shape index (κ2) is 5.70. The third-order valence-electron chi connectivity index (χ3n) is 2.63. The maximum absolute atomic E-state index is 11.8. The molecule has 3 N–H and O–H groups in total. The number of hydrogen-bond donors (Lipinski definition) is 3. The Bertz CT molecular complexity index is 741. The zero-order valence-electron chi connectivity index (χ0n) is 10.8. The Balaban J connectivity index is 2.47. The molecule has 0 spiro atoms. The van der Waals surface area contributed by atoms with Crippen molar-refractivity contribution >= 4 is 17.0 Å². The van der Waals surface area contributed by atoms with Crippen molar-refractivity contribution in [2.75, 3.05) is 13.2 Å². The number of aromatic nitrogens is 4.